The van der Waals surface area contributed by atoms with Crippen LogP contribution in [0.1, 0.15) is 16.7 Å². The molecular formula is C24H21FN2O3. The van der Waals surface area contributed by atoms with E-state index < -0.39 is 0 Å². The summed E-state index contributed by atoms with van der Waals surface area (Å²) < 4.78 is 18.7. The van der Waals surface area contributed by atoms with Crippen molar-refractivity contribution in [3.63, 3.8) is 0 Å². The van der Waals surface area contributed by atoms with E-state index in [2.05, 4.69) is 5.32 Å². The average Bonchev–Trinajstić information content (AvgIpc) is 2.89. The van der Waals surface area contributed by atoms with Gasteiger partial charge in [0.25, 0.3) is 5.91 Å². The fourth-order valence-corrected chi connectivity index (χ4v) is 3.39. The third-order valence-corrected chi connectivity index (χ3v) is 4.90. The van der Waals surface area contributed by atoms with Crippen LogP contribution in [0.2, 0.25) is 0 Å². The fraction of sp³-hybridized carbons (Fsp3) is 0.167. The Morgan fingerprint density at radius 3 is 2.53 bits per heavy atom. The zero-order chi connectivity index (χ0) is 20.9. The summed E-state index contributed by atoms with van der Waals surface area (Å²) >= 11 is 0. The van der Waals surface area contributed by atoms with Crippen molar-refractivity contribution < 1.29 is 18.7 Å². The largest absolute Gasteiger partial charge is 0.483 e. The molecule has 1 N–H and O–H groups in total. The zero-order valence-electron chi connectivity index (χ0n) is 16.3. The number of fused-ring (bicyclic) bond motifs is 1. The van der Waals surface area contributed by atoms with Crippen molar-refractivity contribution >= 4 is 17.5 Å². The second-order valence-electron chi connectivity index (χ2n) is 7.20. The minimum Gasteiger partial charge on any atom is -0.483 e. The number of rotatable bonds is 5. The molecule has 1 aliphatic rings. The number of carbonyl (C=O) groups excluding carboxylic acids is 2. The molecule has 0 unspecified atom stereocenters. The standard InChI is InChI=1S/C24H21FN2O3/c25-20-8-6-17(7-9-20)12-23(28)26-21-10-11-22-19(13-21)15-27(24(29)16-30-22)14-18-4-2-1-3-5-18/h1-11,13H,12,14-16H2,(H,26,28). The Kier molecular flexibility index (Phi) is 5.75. The van der Waals surface area contributed by atoms with Crippen LogP contribution in [0.5, 0.6) is 5.75 Å². The van der Waals surface area contributed by atoms with Gasteiger partial charge in [0.05, 0.1) is 6.42 Å². The zero-order valence-corrected chi connectivity index (χ0v) is 16.3. The molecule has 152 valence electrons. The van der Waals surface area contributed by atoms with Crippen LogP contribution in [0.4, 0.5) is 10.1 Å². The van der Waals surface area contributed by atoms with Crippen molar-refractivity contribution in [1.82, 2.24) is 4.90 Å². The highest BCUT2D eigenvalue weighted by atomic mass is 19.1. The minimum absolute atomic E-state index is 0.0178. The molecule has 30 heavy (non-hydrogen) atoms. The number of ether oxygens (including phenoxy) is 1. The second-order valence-corrected chi connectivity index (χ2v) is 7.20. The number of hydrogen-bond acceptors (Lipinski definition) is 3. The van der Waals surface area contributed by atoms with Gasteiger partial charge in [0.1, 0.15) is 11.6 Å². The lowest BCUT2D eigenvalue weighted by Gasteiger charge is -2.20. The van der Waals surface area contributed by atoms with Crippen molar-refractivity contribution in [2.45, 2.75) is 19.5 Å². The summed E-state index contributed by atoms with van der Waals surface area (Å²) in [5, 5.41) is 2.86. The summed E-state index contributed by atoms with van der Waals surface area (Å²) in [6.45, 7) is 0.866. The molecule has 3 aromatic rings. The Hall–Kier alpha value is -3.67. The quantitative estimate of drug-likeness (QED) is 0.701. The van der Waals surface area contributed by atoms with Crippen LogP contribution >= 0.6 is 0 Å². The first-order valence-corrected chi connectivity index (χ1v) is 9.68. The first-order valence-electron chi connectivity index (χ1n) is 9.68. The van der Waals surface area contributed by atoms with Crippen LogP contribution in [-0.4, -0.2) is 23.3 Å². The van der Waals surface area contributed by atoms with Crippen molar-refractivity contribution in [3.05, 3.63) is 95.3 Å². The van der Waals surface area contributed by atoms with Gasteiger partial charge in [-0.25, -0.2) is 4.39 Å². The maximum Gasteiger partial charge on any atom is 0.261 e. The van der Waals surface area contributed by atoms with E-state index in [0.29, 0.717) is 24.5 Å². The molecular weight excluding hydrogens is 383 g/mol. The third-order valence-electron chi connectivity index (χ3n) is 4.90. The predicted molar refractivity (Wildman–Crippen MR) is 111 cm³/mol. The SMILES string of the molecule is O=C(Cc1ccc(F)cc1)Nc1ccc2c(c1)CN(Cc1ccccc1)C(=O)CO2. The molecule has 0 saturated carbocycles. The number of benzene rings is 3. The number of nitrogens with one attached hydrogen (secondary N) is 1. The molecule has 0 aromatic heterocycles. The van der Waals surface area contributed by atoms with E-state index in [-0.39, 0.29) is 30.7 Å². The van der Waals surface area contributed by atoms with Gasteiger partial charge in [-0.15, -0.1) is 0 Å². The highest BCUT2D eigenvalue weighted by Gasteiger charge is 2.22. The van der Waals surface area contributed by atoms with Crippen molar-refractivity contribution in [2.75, 3.05) is 11.9 Å². The lowest BCUT2D eigenvalue weighted by atomic mass is 10.1. The van der Waals surface area contributed by atoms with E-state index in [1.165, 1.54) is 12.1 Å². The molecule has 0 bridgehead atoms. The molecule has 0 fully saturated rings. The van der Waals surface area contributed by atoms with Crippen LogP contribution in [0.3, 0.4) is 0 Å². The molecule has 3 aromatic carbocycles. The Balaban J connectivity index is 1.46. The van der Waals surface area contributed by atoms with E-state index in [0.717, 1.165) is 16.7 Å². The molecule has 0 spiro atoms. The van der Waals surface area contributed by atoms with E-state index in [9.17, 15) is 14.0 Å². The van der Waals surface area contributed by atoms with Gasteiger partial charge >= 0.3 is 0 Å². The number of carbonyl (C=O) groups is 2. The number of halogens is 1. The van der Waals surface area contributed by atoms with Gasteiger partial charge in [0.2, 0.25) is 5.91 Å². The van der Waals surface area contributed by atoms with Crippen LogP contribution < -0.4 is 10.1 Å². The summed E-state index contributed by atoms with van der Waals surface area (Å²) in [7, 11) is 0. The highest BCUT2D eigenvalue weighted by Crippen LogP contribution is 2.27. The maximum atomic E-state index is 13.0. The monoisotopic (exact) mass is 404 g/mol. The molecule has 0 aliphatic carbocycles. The van der Waals surface area contributed by atoms with Gasteiger partial charge in [0, 0.05) is 24.3 Å². The number of anilines is 1. The van der Waals surface area contributed by atoms with Gasteiger partial charge in [-0.3, -0.25) is 9.59 Å². The first-order chi connectivity index (χ1) is 14.6. The molecule has 1 aliphatic heterocycles. The van der Waals surface area contributed by atoms with Gasteiger partial charge in [-0.05, 0) is 41.5 Å². The molecule has 0 saturated heterocycles. The van der Waals surface area contributed by atoms with Crippen LogP contribution in [0.15, 0.2) is 72.8 Å². The number of hydrogen-bond donors (Lipinski definition) is 1. The van der Waals surface area contributed by atoms with Crippen LogP contribution in [-0.2, 0) is 29.1 Å². The van der Waals surface area contributed by atoms with Crippen LogP contribution in [0, 0.1) is 5.82 Å². The fourth-order valence-electron chi connectivity index (χ4n) is 3.39. The maximum absolute atomic E-state index is 13.0. The van der Waals surface area contributed by atoms with Gasteiger partial charge in [0.15, 0.2) is 6.61 Å². The summed E-state index contributed by atoms with van der Waals surface area (Å²) in [5.41, 5.74) is 3.22. The molecule has 5 nitrogen and oxygen atoms in total. The number of nitrogens with zero attached hydrogens (tertiary/aromatic N) is 1. The van der Waals surface area contributed by atoms with E-state index in [1.807, 2.05) is 36.4 Å². The third kappa shape index (κ3) is 4.84. The smallest absolute Gasteiger partial charge is 0.261 e. The Morgan fingerprint density at radius 2 is 1.77 bits per heavy atom. The molecule has 6 heteroatoms. The molecule has 1 heterocycles. The van der Waals surface area contributed by atoms with E-state index in [4.69, 9.17) is 4.74 Å². The summed E-state index contributed by atoms with van der Waals surface area (Å²) in [4.78, 5) is 26.6. The normalized spacial score (nSPS) is 13.2. The minimum atomic E-state index is -0.334. The van der Waals surface area contributed by atoms with Crippen molar-refractivity contribution in [3.8, 4) is 5.75 Å². The predicted octanol–water partition coefficient (Wildman–Crippen LogP) is 3.93. The molecule has 4 rings (SSSR count). The second kappa shape index (κ2) is 8.78. The Bertz CT molecular complexity index is 1050. The molecule has 0 atom stereocenters. The summed E-state index contributed by atoms with van der Waals surface area (Å²) in [6, 6.07) is 21.0. The Morgan fingerprint density at radius 1 is 1.00 bits per heavy atom. The lowest BCUT2D eigenvalue weighted by Crippen LogP contribution is -2.31. The summed E-state index contributed by atoms with van der Waals surface area (Å²) in [6.07, 6.45) is 0.145. The molecule has 2 amide bonds. The highest BCUT2D eigenvalue weighted by molar-refractivity contribution is 5.92. The summed E-state index contributed by atoms with van der Waals surface area (Å²) in [5.74, 6) is 0.0141. The van der Waals surface area contributed by atoms with Gasteiger partial charge in [-0.2, -0.15) is 0 Å². The van der Waals surface area contributed by atoms with E-state index in [1.54, 1.807) is 29.2 Å². The average molecular weight is 404 g/mol. The van der Waals surface area contributed by atoms with Crippen molar-refractivity contribution in [1.29, 1.82) is 0 Å². The van der Waals surface area contributed by atoms with Crippen molar-refractivity contribution in [2.24, 2.45) is 0 Å². The number of amides is 2. The topological polar surface area (TPSA) is 58.6 Å². The Labute approximate surface area is 174 Å². The molecule has 0 radical (unpaired) electrons. The lowest BCUT2D eigenvalue weighted by molar-refractivity contribution is -0.133. The van der Waals surface area contributed by atoms with Gasteiger partial charge < -0.3 is 15.0 Å². The van der Waals surface area contributed by atoms with E-state index >= 15 is 0 Å². The first kappa shape index (κ1) is 19.6. The van der Waals surface area contributed by atoms with Crippen LogP contribution in [0.25, 0.3) is 0 Å². The van der Waals surface area contributed by atoms with Gasteiger partial charge in [-0.1, -0.05) is 42.5 Å².